The summed E-state index contributed by atoms with van der Waals surface area (Å²) in [4.78, 5) is 25.5. The Hall–Kier alpha value is -2.84. The molecule has 0 fully saturated rings. The molecule has 2 aromatic rings. The first-order valence-electron chi connectivity index (χ1n) is 6.23. The van der Waals surface area contributed by atoms with E-state index in [0.29, 0.717) is 6.07 Å². The van der Waals surface area contributed by atoms with Crippen molar-refractivity contribution >= 4 is 11.8 Å². The molecule has 7 nitrogen and oxygen atoms in total. The summed E-state index contributed by atoms with van der Waals surface area (Å²) in [5.74, 6) is -3.10. The number of ether oxygens (including phenoxy) is 1. The van der Waals surface area contributed by atoms with Gasteiger partial charge in [-0.2, -0.15) is 0 Å². The highest BCUT2D eigenvalue weighted by Crippen LogP contribution is 2.25. The van der Waals surface area contributed by atoms with E-state index in [1.807, 2.05) is 0 Å². The number of carbonyl (C=O) groups excluding carboxylic acids is 1. The van der Waals surface area contributed by atoms with Crippen molar-refractivity contribution in [3.05, 3.63) is 58.0 Å². The molecule has 1 unspecified atom stereocenters. The van der Waals surface area contributed by atoms with E-state index in [-0.39, 0.29) is 12.2 Å². The number of halogens is 2. The summed E-state index contributed by atoms with van der Waals surface area (Å²) in [6.45, 7) is 1.60. The highest BCUT2D eigenvalue weighted by atomic mass is 19.1. The third kappa shape index (κ3) is 3.08. The van der Waals surface area contributed by atoms with E-state index in [1.165, 1.54) is 0 Å². The zero-order valence-corrected chi connectivity index (χ0v) is 11.4. The molecule has 1 aromatic heterocycles. The molecule has 22 heavy (non-hydrogen) atoms. The van der Waals surface area contributed by atoms with Crippen molar-refractivity contribution in [1.29, 1.82) is 0 Å². The maximum Gasteiger partial charge on any atom is 0.381 e. The van der Waals surface area contributed by atoms with E-state index in [2.05, 4.69) is 4.98 Å². The van der Waals surface area contributed by atoms with Crippen molar-refractivity contribution in [2.24, 2.45) is 0 Å². The maximum atomic E-state index is 13.9. The van der Waals surface area contributed by atoms with Crippen LogP contribution in [0.4, 0.5) is 14.6 Å². The molecule has 0 spiro atoms. The fraction of sp³-hybridized carbons (Fsp3) is 0.231. The van der Waals surface area contributed by atoms with E-state index in [4.69, 9.17) is 4.74 Å². The Morgan fingerprint density at radius 1 is 1.50 bits per heavy atom. The van der Waals surface area contributed by atoms with Crippen molar-refractivity contribution in [3.8, 4) is 0 Å². The lowest BCUT2D eigenvalue weighted by molar-refractivity contribution is -0.389. The minimum Gasteiger partial charge on any atom is -0.464 e. The Morgan fingerprint density at radius 3 is 2.77 bits per heavy atom. The topological polar surface area (TPSA) is 87.3 Å². The second kappa shape index (κ2) is 6.29. The van der Waals surface area contributed by atoms with Crippen LogP contribution in [0.3, 0.4) is 0 Å². The van der Waals surface area contributed by atoms with Crippen LogP contribution in [-0.2, 0) is 9.53 Å². The summed E-state index contributed by atoms with van der Waals surface area (Å²) in [6, 6.07) is 1.35. The molecule has 1 atom stereocenters. The van der Waals surface area contributed by atoms with Crippen molar-refractivity contribution in [1.82, 2.24) is 9.55 Å². The Labute approximate surface area is 123 Å². The first kappa shape index (κ1) is 15.5. The number of hydrogen-bond acceptors (Lipinski definition) is 5. The van der Waals surface area contributed by atoms with Gasteiger partial charge in [0.1, 0.15) is 17.8 Å². The van der Waals surface area contributed by atoms with Crippen LogP contribution in [0.1, 0.15) is 18.5 Å². The standard InChI is InChI=1S/C13H11F2N3O4/c1-2-22-13(19)12(9-4-3-8(14)5-10(9)15)17-6-11(16-7-17)18(20)21/h3-7,12H,2H2,1H3. The number of carbonyl (C=O) groups is 1. The largest absolute Gasteiger partial charge is 0.464 e. The lowest BCUT2D eigenvalue weighted by Gasteiger charge is -2.16. The lowest BCUT2D eigenvalue weighted by Crippen LogP contribution is -2.23. The van der Waals surface area contributed by atoms with Crippen molar-refractivity contribution in [2.75, 3.05) is 6.61 Å². The molecule has 0 aliphatic heterocycles. The molecule has 0 saturated heterocycles. The molecule has 0 bridgehead atoms. The van der Waals surface area contributed by atoms with Gasteiger partial charge in [-0.05, 0) is 22.9 Å². The maximum absolute atomic E-state index is 13.9. The summed E-state index contributed by atoms with van der Waals surface area (Å²) in [7, 11) is 0. The molecule has 9 heteroatoms. The second-order valence-corrected chi connectivity index (χ2v) is 4.26. The molecule has 2 rings (SSSR count). The van der Waals surface area contributed by atoms with Gasteiger partial charge in [0.05, 0.1) is 6.61 Å². The summed E-state index contributed by atoms with van der Waals surface area (Å²) in [6.07, 6.45) is 1.99. The third-order valence-corrected chi connectivity index (χ3v) is 2.84. The molecule has 116 valence electrons. The molecular weight excluding hydrogens is 300 g/mol. The van der Waals surface area contributed by atoms with Gasteiger partial charge in [-0.25, -0.2) is 13.6 Å². The third-order valence-electron chi connectivity index (χ3n) is 2.84. The average molecular weight is 311 g/mol. The van der Waals surface area contributed by atoms with Crippen molar-refractivity contribution in [2.45, 2.75) is 13.0 Å². The highest BCUT2D eigenvalue weighted by Gasteiger charge is 2.29. The zero-order valence-electron chi connectivity index (χ0n) is 11.4. The van der Waals surface area contributed by atoms with Crippen LogP contribution in [0.5, 0.6) is 0 Å². The number of hydrogen-bond donors (Lipinski definition) is 0. The van der Waals surface area contributed by atoms with Gasteiger partial charge >= 0.3 is 11.8 Å². The van der Waals surface area contributed by atoms with E-state index < -0.39 is 34.4 Å². The van der Waals surface area contributed by atoms with Gasteiger partial charge in [0, 0.05) is 11.6 Å². The molecule has 0 N–H and O–H groups in total. The van der Waals surface area contributed by atoms with Crippen LogP contribution in [0.2, 0.25) is 0 Å². The molecule has 1 heterocycles. The fourth-order valence-corrected chi connectivity index (χ4v) is 1.92. The number of imidazole rings is 1. The predicted molar refractivity (Wildman–Crippen MR) is 70.0 cm³/mol. The van der Waals surface area contributed by atoms with Crippen LogP contribution >= 0.6 is 0 Å². The number of nitro groups is 1. The van der Waals surface area contributed by atoms with Crippen LogP contribution in [0.25, 0.3) is 0 Å². The monoisotopic (exact) mass is 311 g/mol. The van der Waals surface area contributed by atoms with Gasteiger partial charge in [-0.3, -0.25) is 4.57 Å². The molecule has 0 radical (unpaired) electrons. The summed E-state index contributed by atoms with van der Waals surface area (Å²) < 4.78 is 32.8. The molecule has 0 aliphatic carbocycles. The number of benzene rings is 1. The minimum atomic E-state index is -1.33. The summed E-state index contributed by atoms with van der Waals surface area (Å²) >= 11 is 0. The van der Waals surface area contributed by atoms with E-state index in [0.717, 1.165) is 29.2 Å². The first-order valence-corrected chi connectivity index (χ1v) is 6.23. The number of rotatable bonds is 5. The van der Waals surface area contributed by atoms with Gasteiger partial charge < -0.3 is 14.9 Å². The van der Waals surface area contributed by atoms with Crippen LogP contribution < -0.4 is 0 Å². The van der Waals surface area contributed by atoms with Crippen LogP contribution in [-0.4, -0.2) is 27.1 Å². The predicted octanol–water partition coefficient (Wildman–Crippen LogP) is 2.22. The number of aromatic nitrogens is 2. The minimum absolute atomic E-state index is 0.0366. The van der Waals surface area contributed by atoms with Crippen molar-refractivity contribution < 1.29 is 23.2 Å². The average Bonchev–Trinajstić information content (AvgIpc) is 2.91. The molecule has 1 aromatic carbocycles. The summed E-state index contributed by atoms with van der Waals surface area (Å²) in [5.41, 5.74) is -0.174. The molecule has 0 saturated carbocycles. The Balaban J connectivity index is 2.50. The van der Waals surface area contributed by atoms with Crippen molar-refractivity contribution in [3.63, 3.8) is 0 Å². The van der Waals surface area contributed by atoms with Gasteiger partial charge in [0.2, 0.25) is 6.33 Å². The highest BCUT2D eigenvalue weighted by molar-refractivity contribution is 5.78. The lowest BCUT2D eigenvalue weighted by atomic mass is 10.1. The number of nitrogens with zero attached hydrogens (tertiary/aromatic N) is 3. The van der Waals surface area contributed by atoms with Gasteiger partial charge in [0.25, 0.3) is 0 Å². The Bertz CT molecular complexity index is 717. The molecular formula is C13H11F2N3O4. The zero-order chi connectivity index (χ0) is 16.3. The SMILES string of the molecule is CCOC(=O)C(c1ccc(F)cc1F)n1cnc([N+](=O)[O-])c1. The molecule has 0 amide bonds. The second-order valence-electron chi connectivity index (χ2n) is 4.26. The van der Waals surface area contributed by atoms with Crippen LogP contribution in [0.15, 0.2) is 30.7 Å². The van der Waals surface area contributed by atoms with Gasteiger partial charge in [-0.15, -0.1) is 0 Å². The quantitative estimate of drug-likeness (QED) is 0.480. The normalized spacial score (nSPS) is 12.0. The van der Waals surface area contributed by atoms with Crippen LogP contribution in [0, 0.1) is 21.7 Å². The first-order chi connectivity index (χ1) is 10.4. The summed E-state index contributed by atoms with van der Waals surface area (Å²) in [5, 5.41) is 10.7. The molecule has 0 aliphatic rings. The fourth-order valence-electron chi connectivity index (χ4n) is 1.92. The smallest absolute Gasteiger partial charge is 0.381 e. The van der Waals surface area contributed by atoms with E-state index in [9.17, 15) is 23.7 Å². The Kier molecular flexibility index (Phi) is 4.44. The number of esters is 1. The Morgan fingerprint density at radius 2 is 2.23 bits per heavy atom. The van der Waals surface area contributed by atoms with Gasteiger partial charge in [0.15, 0.2) is 6.04 Å². The van der Waals surface area contributed by atoms with Gasteiger partial charge in [-0.1, -0.05) is 6.07 Å². The van der Waals surface area contributed by atoms with E-state index in [1.54, 1.807) is 6.92 Å². The van der Waals surface area contributed by atoms with E-state index >= 15 is 0 Å².